The third kappa shape index (κ3) is 4.28. The SMILES string of the molecule is CCc1ccc(CN(C)C(=S)Nc2ccc(C)c(F)c2)cc1. The number of halogens is 1. The van der Waals surface area contributed by atoms with E-state index in [1.807, 2.05) is 18.0 Å². The Kier molecular flexibility index (Phi) is 5.50. The van der Waals surface area contributed by atoms with E-state index in [4.69, 9.17) is 12.2 Å². The number of hydrogen-bond acceptors (Lipinski definition) is 1. The summed E-state index contributed by atoms with van der Waals surface area (Å²) in [5.41, 5.74) is 3.81. The lowest BCUT2D eigenvalue weighted by Crippen LogP contribution is -2.30. The number of nitrogens with one attached hydrogen (secondary N) is 1. The van der Waals surface area contributed by atoms with E-state index in [-0.39, 0.29) is 5.82 Å². The standard InChI is InChI=1S/C18H21FN2S/c1-4-14-6-8-15(9-7-14)12-21(3)18(22)20-16-10-5-13(2)17(19)11-16/h5-11H,4,12H2,1-3H3,(H,20,22). The van der Waals surface area contributed by atoms with Gasteiger partial charge in [-0.2, -0.15) is 0 Å². The van der Waals surface area contributed by atoms with Gasteiger partial charge < -0.3 is 10.2 Å². The molecule has 0 aliphatic carbocycles. The fourth-order valence-corrected chi connectivity index (χ4v) is 2.30. The van der Waals surface area contributed by atoms with Crippen LogP contribution in [0.15, 0.2) is 42.5 Å². The summed E-state index contributed by atoms with van der Waals surface area (Å²) in [5.74, 6) is -0.231. The van der Waals surface area contributed by atoms with Gasteiger partial charge in [-0.25, -0.2) is 4.39 Å². The molecule has 0 amide bonds. The van der Waals surface area contributed by atoms with Gasteiger partial charge in [0.15, 0.2) is 5.11 Å². The molecule has 0 fully saturated rings. The highest BCUT2D eigenvalue weighted by molar-refractivity contribution is 7.80. The summed E-state index contributed by atoms with van der Waals surface area (Å²) < 4.78 is 13.6. The summed E-state index contributed by atoms with van der Waals surface area (Å²) in [4.78, 5) is 1.94. The maximum absolute atomic E-state index is 13.6. The second kappa shape index (κ2) is 7.36. The van der Waals surface area contributed by atoms with Crippen LogP contribution in [0.5, 0.6) is 0 Å². The summed E-state index contributed by atoms with van der Waals surface area (Å²) in [6.07, 6.45) is 1.04. The van der Waals surface area contributed by atoms with Crippen LogP contribution in [0.2, 0.25) is 0 Å². The van der Waals surface area contributed by atoms with Crippen LogP contribution < -0.4 is 5.32 Å². The second-order valence-electron chi connectivity index (χ2n) is 5.42. The highest BCUT2D eigenvalue weighted by Crippen LogP contribution is 2.15. The van der Waals surface area contributed by atoms with Gasteiger partial charge in [-0.05, 0) is 54.4 Å². The third-order valence-corrected chi connectivity index (χ3v) is 4.03. The highest BCUT2D eigenvalue weighted by atomic mass is 32.1. The molecule has 2 nitrogen and oxygen atoms in total. The average molecular weight is 316 g/mol. The lowest BCUT2D eigenvalue weighted by molar-refractivity contribution is 0.508. The second-order valence-corrected chi connectivity index (χ2v) is 5.81. The van der Waals surface area contributed by atoms with E-state index in [0.717, 1.165) is 6.42 Å². The molecule has 4 heteroatoms. The number of aryl methyl sites for hydroxylation is 2. The molecule has 0 unspecified atom stereocenters. The Morgan fingerprint density at radius 3 is 2.36 bits per heavy atom. The fourth-order valence-electron chi connectivity index (χ4n) is 2.12. The first kappa shape index (κ1) is 16.4. The normalized spacial score (nSPS) is 10.4. The molecule has 0 atom stereocenters. The Balaban J connectivity index is 1.97. The van der Waals surface area contributed by atoms with Crippen molar-refractivity contribution in [1.29, 1.82) is 0 Å². The van der Waals surface area contributed by atoms with E-state index in [2.05, 4.69) is 36.5 Å². The number of hydrogen-bond donors (Lipinski definition) is 1. The first-order valence-electron chi connectivity index (χ1n) is 7.35. The van der Waals surface area contributed by atoms with Crippen LogP contribution in [-0.2, 0) is 13.0 Å². The van der Waals surface area contributed by atoms with Crippen molar-refractivity contribution in [2.45, 2.75) is 26.8 Å². The van der Waals surface area contributed by atoms with Gasteiger partial charge in [-0.1, -0.05) is 37.3 Å². The Labute approximate surface area is 137 Å². The molecule has 0 bridgehead atoms. The summed E-state index contributed by atoms with van der Waals surface area (Å²) in [6.45, 7) is 4.59. The molecule has 0 heterocycles. The molecule has 1 N–H and O–H groups in total. The van der Waals surface area contributed by atoms with Gasteiger partial charge in [0, 0.05) is 19.3 Å². The predicted molar refractivity (Wildman–Crippen MR) is 94.6 cm³/mol. The number of thiocarbonyl (C=S) groups is 1. The number of anilines is 1. The maximum atomic E-state index is 13.6. The van der Waals surface area contributed by atoms with Gasteiger partial charge >= 0.3 is 0 Å². The topological polar surface area (TPSA) is 15.3 Å². The molecule has 0 aliphatic rings. The van der Waals surface area contributed by atoms with Crippen LogP contribution in [0.4, 0.5) is 10.1 Å². The maximum Gasteiger partial charge on any atom is 0.173 e. The quantitative estimate of drug-likeness (QED) is 0.835. The number of rotatable bonds is 4. The van der Waals surface area contributed by atoms with Crippen molar-refractivity contribution in [3.05, 3.63) is 65.0 Å². The van der Waals surface area contributed by atoms with E-state index in [0.29, 0.717) is 22.9 Å². The average Bonchev–Trinajstić information content (AvgIpc) is 2.51. The Bertz CT molecular complexity index is 653. The van der Waals surface area contributed by atoms with Gasteiger partial charge in [0.2, 0.25) is 0 Å². The fraction of sp³-hybridized carbons (Fsp3) is 0.278. The molecule has 0 spiro atoms. The van der Waals surface area contributed by atoms with E-state index in [1.165, 1.54) is 17.2 Å². The summed E-state index contributed by atoms with van der Waals surface area (Å²) >= 11 is 5.37. The third-order valence-electron chi connectivity index (χ3n) is 3.62. The van der Waals surface area contributed by atoms with E-state index < -0.39 is 0 Å². The zero-order chi connectivity index (χ0) is 16.1. The smallest absolute Gasteiger partial charge is 0.173 e. The van der Waals surface area contributed by atoms with Crippen molar-refractivity contribution < 1.29 is 4.39 Å². The van der Waals surface area contributed by atoms with Crippen LogP contribution in [0.25, 0.3) is 0 Å². The summed E-state index contributed by atoms with van der Waals surface area (Å²) in [5, 5.41) is 3.64. The van der Waals surface area contributed by atoms with Crippen LogP contribution in [-0.4, -0.2) is 17.1 Å². The molecular formula is C18H21FN2S. The minimum Gasteiger partial charge on any atom is -0.348 e. The Hall–Kier alpha value is -1.94. The molecule has 0 radical (unpaired) electrons. The molecule has 0 saturated heterocycles. The Morgan fingerprint density at radius 1 is 1.14 bits per heavy atom. The Morgan fingerprint density at radius 2 is 1.77 bits per heavy atom. The first-order chi connectivity index (χ1) is 10.5. The number of benzene rings is 2. The molecule has 0 aromatic heterocycles. The molecule has 2 aromatic carbocycles. The summed E-state index contributed by atoms with van der Waals surface area (Å²) in [6, 6.07) is 13.5. The van der Waals surface area contributed by atoms with Crippen LogP contribution >= 0.6 is 12.2 Å². The van der Waals surface area contributed by atoms with Gasteiger partial charge in [0.05, 0.1) is 0 Å². The monoisotopic (exact) mass is 316 g/mol. The van der Waals surface area contributed by atoms with Gasteiger partial charge in [0.25, 0.3) is 0 Å². The van der Waals surface area contributed by atoms with Crippen molar-refractivity contribution in [1.82, 2.24) is 4.90 Å². The van der Waals surface area contributed by atoms with Crippen LogP contribution in [0, 0.1) is 12.7 Å². The van der Waals surface area contributed by atoms with E-state index >= 15 is 0 Å². The van der Waals surface area contributed by atoms with Crippen molar-refractivity contribution in [2.75, 3.05) is 12.4 Å². The minimum absolute atomic E-state index is 0.231. The van der Waals surface area contributed by atoms with Crippen molar-refractivity contribution in [3.63, 3.8) is 0 Å². The lowest BCUT2D eigenvalue weighted by atomic mass is 10.1. The molecule has 0 aliphatic heterocycles. The van der Waals surface area contributed by atoms with Crippen molar-refractivity contribution >= 4 is 23.0 Å². The van der Waals surface area contributed by atoms with Crippen LogP contribution in [0.3, 0.4) is 0 Å². The van der Waals surface area contributed by atoms with E-state index in [1.54, 1.807) is 13.0 Å². The van der Waals surface area contributed by atoms with Crippen LogP contribution in [0.1, 0.15) is 23.6 Å². The van der Waals surface area contributed by atoms with Gasteiger partial charge in [0.1, 0.15) is 5.82 Å². The molecule has 2 rings (SSSR count). The van der Waals surface area contributed by atoms with Crippen molar-refractivity contribution in [3.8, 4) is 0 Å². The van der Waals surface area contributed by atoms with Crippen molar-refractivity contribution in [2.24, 2.45) is 0 Å². The highest BCUT2D eigenvalue weighted by Gasteiger charge is 2.07. The zero-order valence-electron chi connectivity index (χ0n) is 13.2. The lowest BCUT2D eigenvalue weighted by Gasteiger charge is -2.21. The largest absolute Gasteiger partial charge is 0.348 e. The van der Waals surface area contributed by atoms with E-state index in [9.17, 15) is 4.39 Å². The molecule has 2 aromatic rings. The molecule has 116 valence electrons. The zero-order valence-corrected chi connectivity index (χ0v) is 14.0. The molecule has 0 saturated carbocycles. The molecule has 22 heavy (non-hydrogen) atoms. The van der Waals surface area contributed by atoms with Gasteiger partial charge in [-0.3, -0.25) is 0 Å². The predicted octanol–water partition coefficient (Wildman–Crippen LogP) is 4.53. The number of nitrogens with zero attached hydrogens (tertiary/aromatic N) is 1. The van der Waals surface area contributed by atoms with Gasteiger partial charge in [-0.15, -0.1) is 0 Å². The minimum atomic E-state index is -0.231. The first-order valence-corrected chi connectivity index (χ1v) is 7.76. The molecular weight excluding hydrogens is 295 g/mol. The summed E-state index contributed by atoms with van der Waals surface area (Å²) in [7, 11) is 1.92.